The molecule has 1 amide bonds. The molecule has 0 aromatic rings. The van der Waals surface area contributed by atoms with E-state index in [1.165, 1.54) is 24.8 Å². The molecule has 1 N–H and O–H groups in total. The quantitative estimate of drug-likeness (QED) is 0.346. The molecule has 0 fully saturated rings. The van der Waals surface area contributed by atoms with Gasteiger partial charge in [0.25, 0.3) is 0 Å². The van der Waals surface area contributed by atoms with Crippen LogP contribution in [0.15, 0.2) is 0 Å². The Hall–Kier alpha value is -0.180. The van der Waals surface area contributed by atoms with Crippen molar-refractivity contribution in [3.05, 3.63) is 0 Å². The first-order chi connectivity index (χ1) is 3.91. The van der Waals surface area contributed by atoms with E-state index >= 15 is 0 Å². The Morgan fingerprint density at radius 2 is 2.50 bits per heavy atom. The Kier molecular flexibility index (Phi) is 6.67. The molecular weight excluding hydrogens is 122 g/mol. The summed E-state index contributed by atoms with van der Waals surface area (Å²) in [7, 11) is 0. The minimum atomic E-state index is 0.709. The van der Waals surface area contributed by atoms with Crippen LogP contribution in [0.25, 0.3) is 0 Å². The van der Waals surface area contributed by atoms with Gasteiger partial charge in [-0.2, -0.15) is 0 Å². The smallest absolute Gasteiger partial charge is 0.216 e. The number of rotatable bonds is 5. The summed E-state index contributed by atoms with van der Waals surface area (Å²) in [5.74, 6) is 1.02. The van der Waals surface area contributed by atoms with Crippen molar-refractivity contribution in [1.29, 1.82) is 0 Å². The Morgan fingerprint density at radius 1 is 1.75 bits per heavy atom. The van der Waals surface area contributed by atoms with Crippen molar-refractivity contribution in [1.82, 2.24) is 4.72 Å². The molecule has 0 radical (unpaired) electrons. The molecule has 0 aromatic carbocycles. The Balaban J connectivity index is 2.62. The van der Waals surface area contributed by atoms with Crippen molar-refractivity contribution in [3.63, 3.8) is 0 Å². The highest BCUT2D eigenvalue weighted by Gasteiger charge is 1.81. The van der Waals surface area contributed by atoms with Crippen LogP contribution >= 0.6 is 11.9 Å². The van der Waals surface area contributed by atoms with Gasteiger partial charge in [0.2, 0.25) is 6.41 Å². The Morgan fingerprint density at radius 3 is 3.00 bits per heavy atom. The van der Waals surface area contributed by atoms with Gasteiger partial charge in [-0.25, -0.2) is 0 Å². The van der Waals surface area contributed by atoms with E-state index in [1.54, 1.807) is 0 Å². The van der Waals surface area contributed by atoms with E-state index in [1.807, 2.05) is 0 Å². The number of carbonyl (C=O) groups is 1. The van der Waals surface area contributed by atoms with Gasteiger partial charge in [0.05, 0.1) is 0 Å². The van der Waals surface area contributed by atoms with Gasteiger partial charge >= 0.3 is 0 Å². The molecule has 0 saturated heterocycles. The summed E-state index contributed by atoms with van der Waals surface area (Å²) in [6.07, 6.45) is 3.07. The maximum atomic E-state index is 9.64. The van der Waals surface area contributed by atoms with Gasteiger partial charge in [0.1, 0.15) is 0 Å². The number of nitrogens with one attached hydrogen (secondary N) is 1. The van der Waals surface area contributed by atoms with E-state index in [4.69, 9.17) is 0 Å². The normalized spacial score (nSPS) is 8.62. The first-order valence-electron chi connectivity index (χ1n) is 2.72. The Bertz CT molecular complexity index is 58.4. The number of unbranched alkanes of at least 4 members (excludes halogenated alkanes) is 1. The van der Waals surface area contributed by atoms with E-state index in [-0.39, 0.29) is 0 Å². The van der Waals surface area contributed by atoms with Gasteiger partial charge in [-0.1, -0.05) is 25.3 Å². The van der Waals surface area contributed by atoms with Crippen molar-refractivity contribution in [2.24, 2.45) is 0 Å². The molecule has 0 unspecified atom stereocenters. The first-order valence-corrected chi connectivity index (χ1v) is 3.71. The second-order valence-corrected chi connectivity index (χ2v) is 2.37. The molecule has 8 heavy (non-hydrogen) atoms. The van der Waals surface area contributed by atoms with Crippen molar-refractivity contribution >= 4 is 18.4 Å². The molecule has 0 heterocycles. The molecule has 0 aromatic heterocycles. The predicted octanol–water partition coefficient (Wildman–Crippen LogP) is 1.18. The number of carbonyl (C=O) groups excluding carboxylic acids is 1. The number of hydrogen-bond acceptors (Lipinski definition) is 2. The molecule has 0 rings (SSSR count). The van der Waals surface area contributed by atoms with E-state index in [2.05, 4.69) is 11.6 Å². The minimum absolute atomic E-state index is 0.709. The monoisotopic (exact) mass is 133 g/mol. The van der Waals surface area contributed by atoms with Crippen molar-refractivity contribution in [2.75, 3.05) is 5.75 Å². The molecular formula is C5H11NOS. The van der Waals surface area contributed by atoms with E-state index in [9.17, 15) is 4.79 Å². The second-order valence-electron chi connectivity index (χ2n) is 1.44. The van der Waals surface area contributed by atoms with Crippen LogP contribution < -0.4 is 4.72 Å². The molecule has 3 heteroatoms. The van der Waals surface area contributed by atoms with E-state index in [0.29, 0.717) is 6.41 Å². The molecule has 0 aliphatic carbocycles. The third-order valence-corrected chi connectivity index (χ3v) is 1.49. The summed E-state index contributed by atoms with van der Waals surface area (Å²) in [5.41, 5.74) is 0. The lowest BCUT2D eigenvalue weighted by Crippen LogP contribution is -1.98. The zero-order valence-electron chi connectivity index (χ0n) is 5.02. The molecule has 48 valence electrons. The van der Waals surface area contributed by atoms with Crippen molar-refractivity contribution in [2.45, 2.75) is 19.8 Å². The molecule has 0 atom stereocenters. The molecule has 0 aliphatic rings. The van der Waals surface area contributed by atoms with Crippen molar-refractivity contribution < 1.29 is 4.79 Å². The van der Waals surface area contributed by atoms with Gasteiger partial charge < -0.3 is 4.72 Å². The first kappa shape index (κ1) is 7.82. The Labute approximate surface area is 54.2 Å². The highest BCUT2D eigenvalue weighted by molar-refractivity contribution is 7.97. The van der Waals surface area contributed by atoms with Crippen LogP contribution in [-0.2, 0) is 4.79 Å². The molecule has 0 spiro atoms. The van der Waals surface area contributed by atoms with Gasteiger partial charge in [-0.15, -0.1) is 0 Å². The lowest BCUT2D eigenvalue weighted by atomic mass is 10.4. The fourth-order valence-electron chi connectivity index (χ4n) is 0.309. The minimum Gasteiger partial charge on any atom is -0.303 e. The highest BCUT2D eigenvalue weighted by atomic mass is 32.2. The van der Waals surface area contributed by atoms with Crippen LogP contribution in [0.2, 0.25) is 0 Å². The number of hydrogen-bond donors (Lipinski definition) is 1. The molecule has 0 saturated carbocycles. The third-order valence-electron chi connectivity index (χ3n) is 0.731. The van der Waals surface area contributed by atoms with Gasteiger partial charge in [0, 0.05) is 5.75 Å². The molecule has 2 nitrogen and oxygen atoms in total. The highest BCUT2D eigenvalue weighted by Crippen LogP contribution is 1.96. The lowest BCUT2D eigenvalue weighted by molar-refractivity contribution is -0.107. The SMILES string of the molecule is CCCCSNC=O. The van der Waals surface area contributed by atoms with Crippen LogP contribution in [0.5, 0.6) is 0 Å². The van der Waals surface area contributed by atoms with Crippen molar-refractivity contribution in [3.8, 4) is 0 Å². The van der Waals surface area contributed by atoms with Gasteiger partial charge in [0.15, 0.2) is 0 Å². The van der Waals surface area contributed by atoms with Crippen LogP contribution in [0.1, 0.15) is 19.8 Å². The molecule has 0 aliphatic heterocycles. The van der Waals surface area contributed by atoms with Crippen LogP contribution in [0, 0.1) is 0 Å². The average Bonchev–Trinajstić information content (AvgIpc) is 1.81. The maximum Gasteiger partial charge on any atom is 0.216 e. The van der Waals surface area contributed by atoms with Crippen LogP contribution in [0.3, 0.4) is 0 Å². The van der Waals surface area contributed by atoms with Gasteiger partial charge in [-0.05, 0) is 6.42 Å². The zero-order valence-corrected chi connectivity index (χ0v) is 5.83. The molecule has 0 bridgehead atoms. The summed E-state index contributed by atoms with van der Waals surface area (Å²) >= 11 is 1.46. The average molecular weight is 133 g/mol. The summed E-state index contributed by atoms with van der Waals surface area (Å²) < 4.78 is 2.52. The van der Waals surface area contributed by atoms with Gasteiger partial charge in [-0.3, -0.25) is 4.79 Å². The largest absolute Gasteiger partial charge is 0.303 e. The fourth-order valence-corrected chi connectivity index (χ4v) is 0.928. The van der Waals surface area contributed by atoms with Crippen LogP contribution in [-0.4, -0.2) is 12.2 Å². The lowest BCUT2D eigenvalue weighted by Gasteiger charge is -1.92. The predicted molar refractivity (Wildman–Crippen MR) is 36.6 cm³/mol. The summed E-state index contributed by atoms with van der Waals surface area (Å²) in [6, 6.07) is 0. The van der Waals surface area contributed by atoms with E-state index < -0.39 is 0 Å². The van der Waals surface area contributed by atoms with E-state index in [0.717, 1.165) is 5.75 Å². The second kappa shape index (κ2) is 6.82. The fraction of sp³-hybridized carbons (Fsp3) is 0.800. The summed E-state index contributed by atoms with van der Waals surface area (Å²) in [6.45, 7) is 2.13. The number of amides is 1. The zero-order chi connectivity index (χ0) is 6.24. The summed E-state index contributed by atoms with van der Waals surface area (Å²) in [4.78, 5) is 9.64. The standard InChI is InChI=1S/C5H11NOS/c1-2-3-4-8-6-5-7/h5H,2-4H2,1H3,(H,6,7). The third kappa shape index (κ3) is 5.82. The maximum absolute atomic E-state index is 9.64. The summed E-state index contributed by atoms with van der Waals surface area (Å²) in [5, 5.41) is 0. The topological polar surface area (TPSA) is 29.1 Å². The van der Waals surface area contributed by atoms with Crippen LogP contribution in [0.4, 0.5) is 0 Å².